The minimum atomic E-state index is -3.80. The number of anilines is 1. The molecule has 1 aliphatic heterocycles. The second-order valence-electron chi connectivity index (χ2n) is 6.78. The second-order valence-corrected chi connectivity index (χ2v) is 8.79. The smallest absolute Gasteiger partial charge is 0.345 e. The first-order valence-electron chi connectivity index (χ1n) is 9.53. The Hall–Kier alpha value is -3.25. The summed E-state index contributed by atoms with van der Waals surface area (Å²) < 4.78 is 88.3. The number of sulfonamides is 1. The molecule has 0 saturated carbocycles. The molecule has 0 spiro atoms. The maximum atomic E-state index is 14.2. The number of benzene rings is 2. The number of hydrogen-bond donors (Lipinski definition) is 1. The van der Waals surface area contributed by atoms with Crippen molar-refractivity contribution in [3.63, 3.8) is 0 Å². The Morgan fingerprint density at radius 3 is 2.58 bits per heavy atom. The second kappa shape index (κ2) is 10.1. The number of para-hydroxylation sites is 1. The summed E-state index contributed by atoms with van der Waals surface area (Å²) >= 11 is 0. The fourth-order valence-corrected chi connectivity index (χ4v) is 3.53. The van der Waals surface area contributed by atoms with E-state index in [0.29, 0.717) is 6.07 Å². The normalized spacial score (nSPS) is 16.1. The molecule has 1 N–H and O–H groups in total. The summed E-state index contributed by atoms with van der Waals surface area (Å²) in [6, 6.07) is 5.47. The largest absolute Gasteiger partial charge is 0.452 e. The third-order valence-corrected chi connectivity index (χ3v) is 5.75. The Balaban J connectivity index is 2.03. The molecule has 0 bridgehead atoms. The lowest BCUT2D eigenvalue weighted by molar-refractivity contribution is -0.121. The average Bonchev–Trinajstić information content (AvgIpc) is 2.75. The maximum absolute atomic E-state index is 14.2. The predicted molar refractivity (Wildman–Crippen MR) is 112 cm³/mol. The summed E-state index contributed by atoms with van der Waals surface area (Å²) in [7, 11) is -3.80. The Labute approximate surface area is 186 Å². The van der Waals surface area contributed by atoms with E-state index in [2.05, 4.69) is 14.5 Å². The number of halogens is 4. The summed E-state index contributed by atoms with van der Waals surface area (Å²) in [5.41, 5.74) is 0.0738. The van der Waals surface area contributed by atoms with E-state index in [-0.39, 0.29) is 28.3 Å². The molecule has 0 saturated heterocycles. The predicted octanol–water partition coefficient (Wildman–Crippen LogP) is 4.38. The molecule has 7 nitrogen and oxygen atoms in total. The van der Waals surface area contributed by atoms with Crippen molar-refractivity contribution < 1.29 is 40.2 Å². The highest BCUT2D eigenvalue weighted by Crippen LogP contribution is 2.40. The van der Waals surface area contributed by atoms with Gasteiger partial charge in [-0.2, -0.15) is 8.78 Å². The average molecular weight is 486 g/mol. The number of nitrogens with zero attached hydrogens (tertiary/aromatic N) is 1. The Morgan fingerprint density at radius 2 is 1.94 bits per heavy atom. The molecule has 3 rings (SSSR count). The van der Waals surface area contributed by atoms with Crippen LogP contribution in [0.1, 0.15) is 18.5 Å². The van der Waals surface area contributed by atoms with Crippen molar-refractivity contribution in [1.82, 2.24) is 0 Å². The highest BCUT2D eigenvalue weighted by atomic mass is 32.2. The van der Waals surface area contributed by atoms with Crippen molar-refractivity contribution in [2.24, 2.45) is 4.99 Å². The SMILES string of the molecule is CCS(=O)(=O)Nc1cccc(C2N=CC(COC(F)F)=CC2=O)c1Oc1ccc(F)cc1F. The van der Waals surface area contributed by atoms with Gasteiger partial charge in [-0.1, -0.05) is 12.1 Å². The van der Waals surface area contributed by atoms with Crippen molar-refractivity contribution in [3.8, 4) is 11.5 Å². The molecule has 2 aromatic carbocycles. The molecule has 0 fully saturated rings. The van der Waals surface area contributed by atoms with E-state index < -0.39 is 52.5 Å². The van der Waals surface area contributed by atoms with Crippen LogP contribution in [0.4, 0.5) is 23.2 Å². The lowest BCUT2D eigenvalue weighted by atomic mass is 9.97. The van der Waals surface area contributed by atoms with Gasteiger partial charge in [0.15, 0.2) is 23.1 Å². The minimum absolute atomic E-state index is 0.0707. The fraction of sp³-hybridized carbons (Fsp3) is 0.238. The van der Waals surface area contributed by atoms with Crippen LogP contribution in [0.15, 0.2) is 53.0 Å². The van der Waals surface area contributed by atoms with E-state index in [9.17, 15) is 30.8 Å². The van der Waals surface area contributed by atoms with Gasteiger partial charge in [-0.3, -0.25) is 14.5 Å². The number of dihydropyridines is 1. The lowest BCUT2D eigenvalue weighted by Gasteiger charge is -2.21. The number of rotatable bonds is 9. The lowest BCUT2D eigenvalue weighted by Crippen LogP contribution is -2.19. The van der Waals surface area contributed by atoms with Gasteiger partial charge in [0.2, 0.25) is 10.0 Å². The topological polar surface area (TPSA) is 94.1 Å². The van der Waals surface area contributed by atoms with Gasteiger partial charge in [0.1, 0.15) is 11.9 Å². The van der Waals surface area contributed by atoms with E-state index in [0.717, 1.165) is 18.2 Å². The number of alkyl halides is 2. The number of aliphatic imine (C=N–C) groups is 1. The van der Waals surface area contributed by atoms with Crippen LogP contribution in [-0.2, 0) is 19.6 Å². The number of ketones is 1. The zero-order valence-electron chi connectivity index (χ0n) is 17.1. The minimum Gasteiger partial charge on any atom is -0.452 e. The monoisotopic (exact) mass is 486 g/mol. The van der Waals surface area contributed by atoms with E-state index in [1.165, 1.54) is 31.3 Å². The Bertz CT molecular complexity index is 1220. The molecule has 1 unspecified atom stereocenters. The molecule has 0 radical (unpaired) electrons. The standard InChI is InChI=1S/C21H18F4N2O5S/c1-2-33(29,30)27-16-5-3-4-14(20(16)32-18-7-6-13(22)9-15(18)23)19-17(28)8-12(10-26-19)11-31-21(24)25/h3-10,19,21,27H,2,11H2,1H3. The molecule has 0 aliphatic carbocycles. The third kappa shape index (κ3) is 6.17. The summed E-state index contributed by atoms with van der Waals surface area (Å²) in [4.78, 5) is 16.7. The van der Waals surface area contributed by atoms with E-state index in [4.69, 9.17) is 4.74 Å². The molecule has 12 heteroatoms. The Morgan fingerprint density at radius 1 is 1.18 bits per heavy atom. The van der Waals surface area contributed by atoms with Crippen molar-refractivity contribution in [3.05, 3.63) is 65.2 Å². The Kier molecular flexibility index (Phi) is 7.49. The van der Waals surface area contributed by atoms with Crippen LogP contribution in [0.2, 0.25) is 0 Å². The maximum Gasteiger partial charge on any atom is 0.345 e. The van der Waals surface area contributed by atoms with Crippen LogP contribution in [0.3, 0.4) is 0 Å². The molecular weight excluding hydrogens is 468 g/mol. The van der Waals surface area contributed by atoms with Crippen molar-refractivity contribution >= 4 is 27.7 Å². The molecule has 1 heterocycles. The van der Waals surface area contributed by atoms with Gasteiger partial charge in [-0.25, -0.2) is 17.2 Å². The van der Waals surface area contributed by atoms with Gasteiger partial charge in [-0.15, -0.1) is 0 Å². The molecule has 1 atom stereocenters. The summed E-state index contributed by atoms with van der Waals surface area (Å²) in [6.07, 6.45) is 2.23. The van der Waals surface area contributed by atoms with Crippen LogP contribution in [0.25, 0.3) is 0 Å². The van der Waals surface area contributed by atoms with E-state index in [1.807, 2.05) is 0 Å². The summed E-state index contributed by atoms with van der Waals surface area (Å²) in [5, 5.41) is 0. The zero-order chi connectivity index (χ0) is 24.2. The quantitative estimate of drug-likeness (QED) is 0.531. The van der Waals surface area contributed by atoms with Crippen molar-refractivity contribution in [1.29, 1.82) is 0 Å². The molecule has 176 valence electrons. The number of carbonyl (C=O) groups is 1. The van der Waals surface area contributed by atoms with Crippen molar-refractivity contribution in [2.75, 3.05) is 17.1 Å². The van der Waals surface area contributed by atoms with Crippen molar-refractivity contribution in [2.45, 2.75) is 19.6 Å². The molecule has 1 aliphatic rings. The first-order valence-corrected chi connectivity index (χ1v) is 11.2. The fourth-order valence-electron chi connectivity index (χ4n) is 2.89. The molecule has 33 heavy (non-hydrogen) atoms. The molecular formula is C21H18F4N2O5S. The summed E-state index contributed by atoms with van der Waals surface area (Å²) in [6.45, 7) is -2.17. The zero-order valence-corrected chi connectivity index (χ0v) is 17.9. The summed E-state index contributed by atoms with van der Waals surface area (Å²) in [5.74, 6) is -3.45. The first kappa shape index (κ1) is 24.4. The van der Waals surface area contributed by atoms with Crippen LogP contribution in [0.5, 0.6) is 11.5 Å². The number of ether oxygens (including phenoxy) is 2. The third-order valence-electron chi connectivity index (χ3n) is 4.45. The first-order chi connectivity index (χ1) is 15.6. The van der Waals surface area contributed by atoms with Crippen LogP contribution in [0, 0.1) is 11.6 Å². The highest BCUT2D eigenvalue weighted by molar-refractivity contribution is 7.92. The molecule has 0 aromatic heterocycles. The van der Waals surface area contributed by atoms with Gasteiger partial charge in [0.05, 0.1) is 18.0 Å². The molecule has 2 aromatic rings. The van der Waals surface area contributed by atoms with Crippen LogP contribution < -0.4 is 9.46 Å². The van der Waals surface area contributed by atoms with Gasteiger partial charge >= 0.3 is 6.61 Å². The van der Waals surface area contributed by atoms with Gasteiger partial charge in [0.25, 0.3) is 0 Å². The van der Waals surface area contributed by atoms with Crippen LogP contribution >= 0.6 is 0 Å². The van der Waals surface area contributed by atoms with E-state index >= 15 is 0 Å². The number of nitrogens with one attached hydrogen (secondary N) is 1. The van der Waals surface area contributed by atoms with Gasteiger partial charge in [-0.05, 0) is 36.8 Å². The van der Waals surface area contributed by atoms with Crippen LogP contribution in [-0.4, -0.2) is 39.4 Å². The number of hydrogen-bond acceptors (Lipinski definition) is 6. The van der Waals surface area contributed by atoms with Gasteiger partial charge < -0.3 is 9.47 Å². The molecule has 0 amide bonds. The van der Waals surface area contributed by atoms with E-state index in [1.54, 1.807) is 0 Å². The van der Waals surface area contributed by atoms with Gasteiger partial charge in [0, 0.05) is 17.8 Å². The highest BCUT2D eigenvalue weighted by Gasteiger charge is 2.28. The number of carbonyl (C=O) groups excluding carboxylic acids is 1.